The van der Waals surface area contributed by atoms with Crippen molar-refractivity contribution in [3.05, 3.63) is 18.2 Å². The largest absolute Gasteiger partial charge is 0.354 e. The van der Waals surface area contributed by atoms with Gasteiger partial charge in [-0.3, -0.25) is 0 Å². The van der Waals surface area contributed by atoms with Crippen LogP contribution >= 0.6 is 22.0 Å². The summed E-state index contributed by atoms with van der Waals surface area (Å²) in [5, 5.41) is 0.833. The molecule has 1 aromatic carbocycles. The van der Waals surface area contributed by atoms with Gasteiger partial charge in [-0.15, -0.1) is 0 Å². The Labute approximate surface area is 102 Å². The second-order valence-corrected chi connectivity index (χ2v) is 7.03. The van der Waals surface area contributed by atoms with Crippen LogP contribution in [0.5, 0.6) is 0 Å². The molecule has 0 saturated carbocycles. The van der Waals surface area contributed by atoms with Crippen molar-refractivity contribution < 1.29 is 8.42 Å². The fraction of sp³-hybridized carbons (Fsp3) is 0.222. The molecule has 0 unspecified atom stereocenters. The average Bonchev–Trinajstić information content (AvgIpc) is 2.58. The first kappa shape index (κ1) is 11.6. The van der Waals surface area contributed by atoms with Gasteiger partial charge in [0.1, 0.15) is 0 Å². The lowest BCUT2D eigenvalue weighted by Gasteiger charge is -2.04. The van der Waals surface area contributed by atoms with Gasteiger partial charge in [0, 0.05) is 24.8 Å². The lowest BCUT2D eigenvalue weighted by atomic mass is 10.3. The number of aromatic nitrogens is 1. The molecule has 0 radical (unpaired) electrons. The summed E-state index contributed by atoms with van der Waals surface area (Å²) in [5.74, 6) is 0. The van der Waals surface area contributed by atoms with Crippen LogP contribution in [0.3, 0.4) is 0 Å². The molecule has 2 rings (SSSR count). The summed E-state index contributed by atoms with van der Waals surface area (Å²) in [6.07, 6.45) is 0. The van der Waals surface area contributed by atoms with Crippen molar-refractivity contribution in [1.82, 2.24) is 4.98 Å². The molecule has 0 N–H and O–H groups in total. The fourth-order valence-electron chi connectivity index (χ4n) is 1.24. The van der Waals surface area contributed by atoms with Gasteiger partial charge >= 0.3 is 0 Å². The van der Waals surface area contributed by atoms with Gasteiger partial charge < -0.3 is 4.90 Å². The summed E-state index contributed by atoms with van der Waals surface area (Å²) in [7, 11) is 5.38. The first-order valence-electron chi connectivity index (χ1n) is 4.40. The number of hydrogen-bond acceptors (Lipinski definition) is 5. The van der Waals surface area contributed by atoms with E-state index in [0.717, 1.165) is 15.3 Å². The van der Waals surface area contributed by atoms with E-state index in [2.05, 4.69) is 4.98 Å². The van der Waals surface area contributed by atoms with Crippen molar-refractivity contribution in [3.63, 3.8) is 0 Å². The summed E-state index contributed by atoms with van der Waals surface area (Å²) in [4.78, 5) is 6.32. The number of nitrogens with zero attached hydrogens (tertiary/aromatic N) is 2. The number of thiazole rings is 1. The molecular weight excluding hydrogens is 268 g/mol. The Morgan fingerprint density at radius 1 is 1.38 bits per heavy atom. The molecule has 4 nitrogen and oxygen atoms in total. The number of halogens is 1. The molecule has 0 bridgehead atoms. The standard InChI is InChI=1S/C9H9ClN2O2S2/c1-12(2)9-11-7-4-3-6(16(10,13)14)5-8(7)15-9/h3-5H,1-2H3. The molecule has 0 aliphatic heterocycles. The highest BCUT2D eigenvalue weighted by Gasteiger charge is 2.12. The normalized spacial score (nSPS) is 11.9. The van der Waals surface area contributed by atoms with Gasteiger partial charge in [0.15, 0.2) is 5.13 Å². The van der Waals surface area contributed by atoms with Crippen molar-refractivity contribution in [1.29, 1.82) is 0 Å². The molecule has 0 aliphatic rings. The predicted octanol–water partition coefficient (Wildman–Crippen LogP) is 2.29. The Bertz CT molecular complexity index is 634. The second kappa shape index (κ2) is 3.87. The van der Waals surface area contributed by atoms with Crippen LogP contribution < -0.4 is 4.90 Å². The van der Waals surface area contributed by atoms with E-state index >= 15 is 0 Å². The number of fused-ring (bicyclic) bond motifs is 1. The number of benzene rings is 1. The minimum Gasteiger partial charge on any atom is -0.354 e. The minimum absolute atomic E-state index is 0.107. The van der Waals surface area contributed by atoms with Crippen LogP contribution in [-0.2, 0) is 9.05 Å². The Morgan fingerprint density at radius 3 is 2.62 bits per heavy atom. The molecule has 0 fully saturated rings. The molecule has 0 atom stereocenters. The first-order valence-corrected chi connectivity index (χ1v) is 7.53. The maximum atomic E-state index is 11.2. The smallest absolute Gasteiger partial charge is 0.261 e. The van der Waals surface area contributed by atoms with E-state index < -0.39 is 9.05 Å². The third kappa shape index (κ3) is 2.14. The van der Waals surface area contributed by atoms with Crippen LogP contribution in [0, 0.1) is 0 Å². The Kier molecular flexibility index (Phi) is 2.81. The molecule has 0 saturated heterocycles. The summed E-state index contributed by atoms with van der Waals surface area (Å²) in [5.41, 5.74) is 0.776. The Morgan fingerprint density at radius 2 is 2.06 bits per heavy atom. The van der Waals surface area contributed by atoms with Crippen LogP contribution in [0.1, 0.15) is 0 Å². The molecule has 1 aromatic heterocycles. The zero-order chi connectivity index (χ0) is 11.9. The molecule has 7 heteroatoms. The van der Waals surface area contributed by atoms with Gasteiger partial charge in [-0.2, -0.15) is 0 Å². The lowest BCUT2D eigenvalue weighted by molar-refractivity contribution is 0.609. The van der Waals surface area contributed by atoms with E-state index in [9.17, 15) is 8.42 Å². The molecule has 2 aromatic rings. The molecule has 1 heterocycles. The highest BCUT2D eigenvalue weighted by atomic mass is 35.7. The molecule has 0 spiro atoms. The van der Waals surface area contributed by atoms with Crippen molar-refractivity contribution in [2.24, 2.45) is 0 Å². The van der Waals surface area contributed by atoms with Gasteiger partial charge in [0.25, 0.3) is 9.05 Å². The summed E-state index contributed by atoms with van der Waals surface area (Å²) in [6.45, 7) is 0. The summed E-state index contributed by atoms with van der Waals surface area (Å²) < 4.78 is 23.1. The molecule has 86 valence electrons. The van der Waals surface area contributed by atoms with Gasteiger partial charge in [-0.1, -0.05) is 11.3 Å². The Hall–Kier alpha value is -0.850. The Balaban J connectivity index is 2.63. The molecule has 0 amide bonds. The maximum Gasteiger partial charge on any atom is 0.261 e. The van der Waals surface area contributed by atoms with Crippen LogP contribution in [0.4, 0.5) is 5.13 Å². The monoisotopic (exact) mass is 276 g/mol. The van der Waals surface area contributed by atoms with Crippen molar-refractivity contribution in [3.8, 4) is 0 Å². The topological polar surface area (TPSA) is 50.3 Å². The third-order valence-electron chi connectivity index (χ3n) is 2.01. The number of hydrogen-bond donors (Lipinski definition) is 0. The van der Waals surface area contributed by atoms with E-state index in [1.54, 1.807) is 12.1 Å². The van der Waals surface area contributed by atoms with E-state index in [4.69, 9.17) is 10.7 Å². The molecule has 16 heavy (non-hydrogen) atoms. The number of anilines is 1. The van der Waals surface area contributed by atoms with E-state index in [0.29, 0.717) is 0 Å². The van der Waals surface area contributed by atoms with Gasteiger partial charge in [0.2, 0.25) is 0 Å². The van der Waals surface area contributed by atoms with E-state index in [1.165, 1.54) is 17.4 Å². The highest BCUT2D eigenvalue weighted by molar-refractivity contribution is 8.13. The first-order chi connectivity index (χ1) is 7.38. The summed E-state index contributed by atoms with van der Waals surface area (Å²) in [6, 6.07) is 4.67. The summed E-state index contributed by atoms with van der Waals surface area (Å²) >= 11 is 1.43. The van der Waals surface area contributed by atoms with E-state index in [1.807, 2.05) is 19.0 Å². The third-order valence-corrected chi connectivity index (χ3v) is 4.55. The molecule has 0 aliphatic carbocycles. The van der Waals surface area contributed by atoms with Crippen molar-refractivity contribution in [2.45, 2.75) is 4.90 Å². The average molecular weight is 277 g/mol. The fourth-order valence-corrected chi connectivity index (χ4v) is 3.01. The predicted molar refractivity (Wildman–Crippen MR) is 67.0 cm³/mol. The van der Waals surface area contributed by atoms with Crippen LogP contribution in [0.25, 0.3) is 10.2 Å². The number of rotatable bonds is 2. The SMILES string of the molecule is CN(C)c1nc2ccc(S(=O)(=O)Cl)cc2s1. The van der Waals surface area contributed by atoms with Crippen LogP contribution in [0.2, 0.25) is 0 Å². The van der Waals surface area contributed by atoms with Crippen molar-refractivity contribution >= 4 is 46.4 Å². The minimum atomic E-state index is -3.67. The lowest BCUT2D eigenvalue weighted by Crippen LogP contribution is -2.07. The highest BCUT2D eigenvalue weighted by Crippen LogP contribution is 2.30. The van der Waals surface area contributed by atoms with Crippen molar-refractivity contribution in [2.75, 3.05) is 19.0 Å². The van der Waals surface area contributed by atoms with E-state index in [-0.39, 0.29) is 4.90 Å². The van der Waals surface area contributed by atoms with Gasteiger partial charge in [-0.25, -0.2) is 13.4 Å². The zero-order valence-electron chi connectivity index (χ0n) is 8.64. The second-order valence-electron chi connectivity index (χ2n) is 3.46. The molecular formula is C9H9ClN2O2S2. The zero-order valence-corrected chi connectivity index (χ0v) is 11.0. The maximum absolute atomic E-state index is 11.2. The van der Waals surface area contributed by atoms with Crippen LogP contribution in [-0.4, -0.2) is 27.5 Å². The van der Waals surface area contributed by atoms with Crippen LogP contribution in [0.15, 0.2) is 23.1 Å². The van der Waals surface area contributed by atoms with Gasteiger partial charge in [-0.05, 0) is 18.2 Å². The quantitative estimate of drug-likeness (QED) is 0.790. The van der Waals surface area contributed by atoms with Gasteiger partial charge in [0.05, 0.1) is 15.1 Å².